The molecule has 5 aromatic heterocycles. The number of benzene rings is 10. The van der Waals surface area contributed by atoms with Gasteiger partial charge in [-0.3, -0.25) is 0 Å². The van der Waals surface area contributed by atoms with E-state index in [1.165, 1.54) is 326 Å². The van der Waals surface area contributed by atoms with Crippen LogP contribution in [0.3, 0.4) is 0 Å². The lowest BCUT2D eigenvalue weighted by molar-refractivity contribution is -0.633. The largest absolute Gasteiger partial charge is 0.213 e. The van der Waals surface area contributed by atoms with Crippen LogP contribution in [0.25, 0.3) is 111 Å². The highest BCUT2D eigenvalue weighted by Gasteiger charge is 2.31. The fourth-order valence-electron chi connectivity index (χ4n) is 22.4. The molecule has 0 atom stereocenters. The summed E-state index contributed by atoms with van der Waals surface area (Å²) < 4.78 is 11.9. The van der Waals surface area contributed by atoms with E-state index in [-0.39, 0.29) is 0 Å². The predicted octanol–water partition coefficient (Wildman–Crippen LogP) is 29.6. The second kappa shape index (κ2) is 39.2. The lowest BCUT2D eigenvalue weighted by Crippen LogP contribution is -2.33. The standard InChI is InChI=1S/C25H30N.2C24H28N.2C23H26N/c1-17-14-18(2)19(3)22(15-17)25-16-23(20-10-6-5-7-11-20)21-12-8-9-13-24(21)26(25)4;1-16-13-17(2)18(3)22(14-16)23-12-11-20-9-10-21(15-24(20)25(23)4)19-7-5-6-8-19;1-17-13-14-18(2)21(15-17)24-16-22(19-9-5-4-6-10-19)20-11-7-8-12-23(20)25(24)3;1-17-10-6-7-13-19(17)23-16-21(18-11-4-3-5-12-18)20-14-8-9-15-22(20)24(23)2;1-17-9-6-7-12-19(17)23-16-15-21-20(18-10-4-3-5-11-18)13-8-14-22(21)24(23)2/h8-9,12-16,20H,5-7,10-11H2,1-4H3;9-15,19H,5-8H2,1-4H3;7-8,11-16,19H,4-6,9-10H2,1-3H3;6-10,13-16,18H,3-5,11-12H2,1-2H3;6-9,12-16,18H,3-5,10-11H2,1-2H3/q5*+1. The zero-order valence-electron chi connectivity index (χ0n) is 77.7. The van der Waals surface area contributed by atoms with E-state index in [0.29, 0.717) is 17.8 Å². The van der Waals surface area contributed by atoms with Gasteiger partial charge in [0.05, 0.1) is 0 Å². The highest BCUT2D eigenvalue weighted by atomic mass is 15.0. The van der Waals surface area contributed by atoms with Crippen LogP contribution in [0, 0.1) is 69.2 Å². The summed E-state index contributed by atoms with van der Waals surface area (Å²) in [5.41, 5.74) is 41.5. The van der Waals surface area contributed by atoms with E-state index in [2.05, 4.69) is 370 Å². The van der Waals surface area contributed by atoms with Gasteiger partial charge in [0, 0.05) is 115 Å². The van der Waals surface area contributed by atoms with E-state index in [4.69, 9.17) is 0 Å². The zero-order chi connectivity index (χ0) is 86.2. The van der Waals surface area contributed by atoms with Crippen molar-refractivity contribution in [1.82, 2.24) is 0 Å². The van der Waals surface area contributed by atoms with E-state index in [0.717, 1.165) is 11.8 Å². The molecular formula is C119H138N5+5. The van der Waals surface area contributed by atoms with Gasteiger partial charge in [0.1, 0.15) is 35.2 Å². The molecule has 10 aromatic carbocycles. The molecule has 5 aliphatic rings. The lowest BCUT2D eigenvalue weighted by Gasteiger charge is -2.23. The zero-order valence-corrected chi connectivity index (χ0v) is 77.7. The van der Waals surface area contributed by atoms with Crippen molar-refractivity contribution in [3.63, 3.8) is 0 Å². The van der Waals surface area contributed by atoms with E-state index < -0.39 is 0 Å². The van der Waals surface area contributed by atoms with Crippen molar-refractivity contribution in [2.24, 2.45) is 35.2 Å². The van der Waals surface area contributed by atoms with Crippen LogP contribution in [0.4, 0.5) is 0 Å². The first kappa shape index (κ1) is 86.8. The number of hydrogen-bond donors (Lipinski definition) is 0. The molecule has 634 valence electrons. The van der Waals surface area contributed by atoms with Crippen LogP contribution in [-0.4, -0.2) is 0 Å². The summed E-state index contributed by atoms with van der Waals surface area (Å²) in [6.45, 7) is 22.2. The number of aryl methyl sites for hydroxylation is 13. The van der Waals surface area contributed by atoms with Crippen LogP contribution in [-0.2, 0) is 35.2 Å². The summed E-state index contributed by atoms with van der Waals surface area (Å²) in [6.07, 6.45) is 32.8. The van der Waals surface area contributed by atoms with E-state index in [9.17, 15) is 0 Å². The minimum absolute atomic E-state index is 0.708. The Kier molecular flexibility index (Phi) is 27.4. The Labute approximate surface area is 743 Å². The average molecular weight is 1640 g/mol. The summed E-state index contributed by atoms with van der Waals surface area (Å²) in [5, 5.41) is 7.07. The number of aromatic nitrogens is 5. The molecular weight excluding hydrogens is 1500 g/mol. The maximum absolute atomic E-state index is 2.50. The molecule has 124 heavy (non-hydrogen) atoms. The summed E-state index contributed by atoms with van der Waals surface area (Å²) in [6, 6.07) is 90.9. The van der Waals surface area contributed by atoms with Gasteiger partial charge in [-0.25, -0.2) is 0 Å². The lowest BCUT2D eigenvalue weighted by atomic mass is 9.82. The summed E-state index contributed by atoms with van der Waals surface area (Å²) >= 11 is 0. The second-order valence-corrected chi connectivity index (χ2v) is 38.1. The third kappa shape index (κ3) is 18.7. The van der Waals surface area contributed by atoms with Crippen LogP contribution in [0.15, 0.2) is 243 Å². The van der Waals surface area contributed by atoms with Gasteiger partial charge >= 0.3 is 0 Å². The third-order valence-electron chi connectivity index (χ3n) is 29.8. The van der Waals surface area contributed by atoms with E-state index in [1.54, 1.807) is 22.3 Å². The molecule has 5 nitrogen and oxygen atoms in total. The molecule has 5 heterocycles. The first-order chi connectivity index (χ1) is 60.3. The van der Waals surface area contributed by atoms with Crippen molar-refractivity contribution in [3.05, 3.63) is 326 Å². The van der Waals surface area contributed by atoms with Crippen LogP contribution in [0.5, 0.6) is 0 Å². The summed E-state index contributed by atoms with van der Waals surface area (Å²) in [5.74, 6) is 3.64. The van der Waals surface area contributed by atoms with Crippen molar-refractivity contribution < 1.29 is 22.8 Å². The Morgan fingerprint density at radius 2 is 0.524 bits per heavy atom. The van der Waals surface area contributed by atoms with Gasteiger partial charge in [-0.05, 0) is 297 Å². The fraction of sp³-hybridized carbons (Fsp3) is 0.370. The topological polar surface area (TPSA) is 19.4 Å². The molecule has 0 radical (unpaired) electrons. The molecule has 15 aromatic rings. The number of rotatable bonds is 10. The molecule has 0 amide bonds. The maximum Gasteiger partial charge on any atom is 0.213 e. The predicted molar refractivity (Wildman–Crippen MR) is 525 cm³/mol. The highest BCUT2D eigenvalue weighted by molar-refractivity contribution is 5.87. The number of para-hydroxylation sites is 3. The summed E-state index contributed by atoms with van der Waals surface area (Å²) in [7, 11) is 11.1. The highest BCUT2D eigenvalue weighted by Crippen LogP contribution is 2.44. The molecule has 0 bridgehead atoms. The molecule has 0 aliphatic heterocycles. The van der Waals surface area contributed by atoms with Crippen LogP contribution < -0.4 is 22.8 Å². The van der Waals surface area contributed by atoms with Gasteiger partial charge in [-0.15, -0.1) is 0 Å². The Morgan fingerprint density at radius 1 is 0.202 bits per heavy atom. The smallest absolute Gasteiger partial charge is 0.194 e. The molecule has 5 fully saturated rings. The van der Waals surface area contributed by atoms with Crippen molar-refractivity contribution in [1.29, 1.82) is 0 Å². The molecule has 20 rings (SSSR count). The van der Waals surface area contributed by atoms with Crippen molar-refractivity contribution in [2.45, 2.75) is 253 Å². The Hall–Kier alpha value is -10.8. The number of pyridine rings is 5. The summed E-state index contributed by atoms with van der Waals surface area (Å²) in [4.78, 5) is 0. The average Bonchev–Trinajstić information content (AvgIpc) is 0.838. The van der Waals surface area contributed by atoms with Crippen molar-refractivity contribution in [3.8, 4) is 56.3 Å². The van der Waals surface area contributed by atoms with Gasteiger partial charge in [-0.2, -0.15) is 22.8 Å². The Bertz CT molecular complexity index is 6340. The molecule has 0 saturated heterocycles. The molecule has 0 spiro atoms. The monoisotopic (exact) mass is 1640 g/mol. The minimum Gasteiger partial charge on any atom is -0.194 e. The normalized spacial score (nSPS) is 15.6. The minimum atomic E-state index is 0.708. The molecule has 5 saturated carbocycles. The first-order valence-corrected chi connectivity index (χ1v) is 47.7. The van der Waals surface area contributed by atoms with Gasteiger partial charge in [0.25, 0.3) is 0 Å². The quantitative estimate of drug-likeness (QED) is 0.122. The molecule has 5 aliphatic carbocycles. The number of fused-ring (bicyclic) bond motifs is 5. The molecule has 0 N–H and O–H groups in total. The van der Waals surface area contributed by atoms with E-state index in [1.807, 2.05) is 0 Å². The first-order valence-electron chi connectivity index (χ1n) is 47.7. The van der Waals surface area contributed by atoms with Gasteiger partial charge < -0.3 is 0 Å². The van der Waals surface area contributed by atoms with Gasteiger partial charge in [0.2, 0.25) is 56.1 Å². The Balaban J connectivity index is 0.000000115. The van der Waals surface area contributed by atoms with Crippen LogP contribution >= 0.6 is 0 Å². The van der Waals surface area contributed by atoms with Crippen LogP contribution in [0.2, 0.25) is 0 Å². The maximum atomic E-state index is 2.50. The fourth-order valence-corrected chi connectivity index (χ4v) is 22.4. The SMILES string of the molecule is Cc1cc(C)c(C)c(-c2cc(C3CCCCC3)c3ccccc3[n+]2C)c1.Cc1cc(C)c(C)c(-c2ccc3ccc(C4CCCC4)cc3[n+]2C)c1.Cc1ccc(C)c(-c2cc(C3CCCCC3)c3ccccc3[n+]2C)c1.Cc1ccccc1-c1cc(C2CCCCC2)c2ccccc2[n+]1C.Cc1ccccc1-c1ccc2c(C3CCCCC3)cccc2[n+]1C. The number of hydrogen-bond acceptors (Lipinski definition) is 0. The third-order valence-corrected chi connectivity index (χ3v) is 29.8. The van der Waals surface area contributed by atoms with Gasteiger partial charge in [-0.1, -0.05) is 222 Å². The molecule has 5 heteroatoms. The van der Waals surface area contributed by atoms with Crippen molar-refractivity contribution in [2.75, 3.05) is 0 Å². The number of nitrogens with zero attached hydrogens (tertiary/aromatic N) is 5. The second-order valence-electron chi connectivity index (χ2n) is 38.1. The molecule has 0 unspecified atom stereocenters. The van der Waals surface area contributed by atoms with Crippen LogP contribution in [0.1, 0.15) is 267 Å². The van der Waals surface area contributed by atoms with Gasteiger partial charge in [0.15, 0.2) is 0 Å². The van der Waals surface area contributed by atoms with Crippen molar-refractivity contribution >= 4 is 54.5 Å². The Morgan fingerprint density at radius 3 is 0.992 bits per heavy atom. The van der Waals surface area contributed by atoms with E-state index >= 15 is 0 Å².